The molecular weight excluding hydrogens is 278 g/mol. The Morgan fingerprint density at radius 2 is 1.95 bits per heavy atom. The van der Waals surface area contributed by atoms with Gasteiger partial charge < -0.3 is 10.5 Å². The van der Waals surface area contributed by atoms with Gasteiger partial charge in [0.05, 0.1) is 5.92 Å². The van der Waals surface area contributed by atoms with Gasteiger partial charge in [-0.05, 0) is 6.42 Å². The predicted molar refractivity (Wildman–Crippen MR) is 76.2 cm³/mol. The van der Waals surface area contributed by atoms with Crippen molar-refractivity contribution >= 4 is 17.6 Å². The van der Waals surface area contributed by atoms with E-state index in [1.54, 1.807) is 13.8 Å². The summed E-state index contributed by atoms with van der Waals surface area (Å²) in [5.74, 6) is -1.90. The van der Waals surface area contributed by atoms with Gasteiger partial charge in [-0.15, -0.1) is 0 Å². The molecule has 8 heteroatoms. The number of aromatic nitrogens is 2. The molecule has 0 fully saturated rings. The number of nitrogens with zero attached hydrogens (tertiary/aromatic N) is 1. The number of esters is 1. The van der Waals surface area contributed by atoms with E-state index >= 15 is 0 Å². The molecule has 0 bridgehead atoms. The Hall–Kier alpha value is -2.38. The Labute approximate surface area is 120 Å². The average molecular weight is 297 g/mol. The number of H-pyrrole nitrogens is 1. The molecule has 0 aliphatic carbocycles. The van der Waals surface area contributed by atoms with Crippen molar-refractivity contribution in [1.82, 2.24) is 9.55 Å². The van der Waals surface area contributed by atoms with Gasteiger partial charge in [-0.25, -0.2) is 4.79 Å². The molecule has 8 nitrogen and oxygen atoms in total. The SMILES string of the molecule is CCCn1c(N)c(C(=O)COC(=O)C(C)C)c(=O)[nH]c1=O. The van der Waals surface area contributed by atoms with Gasteiger partial charge in [-0.1, -0.05) is 20.8 Å². The second kappa shape index (κ2) is 6.87. The van der Waals surface area contributed by atoms with Crippen molar-refractivity contribution in [2.24, 2.45) is 5.92 Å². The summed E-state index contributed by atoms with van der Waals surface area (Å²) >= 11 is 0. The minimum absolute atomic E-state index is 0.212. The maximum absolute atomic E-state index is 12.0. The zero-order chi connectivity index (χ0) is 16.2. The highest BCUT2D eigenvalue weighted by molar-refractivity contribution is 6.01. The van der Waals surface area contributed by atoms with Crippen molar-refractivity contribution in [2.45, 2.75) is 33.7 Å². The monoisotopic (exact) mass is 297 g/mol. The smallest absolute Gasteiger partial charge is 0.329 e. The summed E-state index contributed by atoms with van der Waals surface area (Å²) in [6.45, 7) is 4.75. The lowest BCUT2D eigenvalue weighted by molar-refractivity contribution is -0.146. The van der Waals surface area contributed by atoms with Crippen molar-refractivity contribution in [2.75, 3.05) is 12.3 Å². The van der Waals surface area contributed by atoms with Crippen molar-refractivity contribution < 1.29 is 14.3 Å². The van der Waals surface area contributed by atoms with E-state index < -0.39 is 29.6 Å². The van der Waals surface area contributed by atoms with E-state index in [1.165, 1.54) is 0 Å². The quantitative estimate of drug-likeness (QED) is 0.558. The number of hydrogen-bond donors (Lipinski definition) is 2. The largest absolute Gasteiger partial charge is 0.457 e. The molecule has 116 valence electrons. The number of carbonyl (C=O) groups excluding carboxylic acids is 2. The number of hydrogen-bond acceptors (Lipinski definition) is 6. The summed E-state index contributed by atoms with van der Waals surface area (Å²) in [4.78, 5) is 48.7. The van der Waals surface area contributed by atoms with Crippen LogP contribution in [0.1, 0.15) is 37.6 Å². The van der Waals surface area contributed by atoms with Gasteiger partial charge in [0.15, 0.2) is 6.61 Å². The van der Waals surface area contributed by atoms with E-state index in [9.17, 15) is 19.2 Å². The zero-order valence-corrected chi connectivity index (χ0v) is 12.3. The first-order valence-corrected chi connectivity index (χ1v) is 6.62. The van der Waals surface area contributed by atoms with Gasteiger partial charge in [0.25, 0.3) is 5.56 Å². The van der Waals surface area contributed by atoms with Crippen LogP contribution in [0.3, 0.4) is 0 Å². The number of ketones is 1. The molecule has 0 unspecified atom stereocenters. The van der Waals surface area contributed by atoms with E-state index in [-0.39, 0.29) is 23.8 Å². The first-order chi connectivity index (χ1) is 9.79. The van der Waals surface area contributed by atoms with Gasteiger partial charge in [-0.2, -0.15) is 0 Å². The molecular formula is C13H19N3O5. The van der Waals surface area contributed by atoms with E-state index in [2.05, 4.69) is 0 Å². The number of rotatable bonds is 6. The van der Waals surface area contributed by atoms with Gasteiger partial charge >= 0.3 is 11.7 Å². The molecule has 21 heavy (non-hydrogen) atoms. The average Bonchev–Trinajstić information content (AvgIpc) is 2.40. The number of nitrogens with two attached hydrogens (primary N) is 1. The lowest BCUT2D eigenvalue weighted by Crippen LogP contribution is -2.37. The summed E-state index contributed by atoms with van der Waals surface area (Å²) in [6, 6.07) is 0. The molecule has 1 aromatic rings. The van der Waals surface area contributed by atoms with Gasteiger partial charge in [0.2, 0.25) is 5.78 Å². The summed E-state index contributed by atoms with van der Waals surface area (Å²) in [6.07, 6.45) is 0.603. The van der Waals surface area contributed by atoms with E-state index in [1.807, 2.05) is 11.9 Å². The summed E-state index contributed by atoms with van der Waals surface area (Å²) < 4.78 is 5.89. The minimum Gasteiger partial charge on any atom is -0.457 e. The number of aromatic amines is 1. The third-order valence-electron chi connectivity index (χ3n) is 2.78. The Morgan fingerprint density at radius 3 is 2.48 bits per heavy atom. The van der Waals surface area contributed by atoms with Crippen molar-refractivity contribution in [3.05, 3.63) is 26.4 Å². The molecule has 3 N–H and O–H groups in total. The fourth-order valence-corrected chi connectivity index (χ4v) is 1.68. The molecule has 0 amide bonds. The number of carbonyl (C=O) groups is 2. The summed E-state index contributed by atoms with van der Waals surface area (Å²) in [5.41, 5.74) is 3.81. The van der Waals surface area contributed by atoms with Gasteiger partial charge in [-0.3, -0.25) is 23.9 Å². The second-order valence-corrected chi connectivity index (χ2v) is 4.86. The number of Topliss-reactive ketones (excluding diaryl/α,β-unsaturated/α-hetero) is 1. The maximum atomic E-state index is 12.0. The lowest BCUT2D eigenvalue weighted by atomic mass is 10.2. The highest BCUT2D eigenvalue weighted by atomic mass is 16.5. The molecule has 0 aliphatic heterocycles. The maximum Gasteiger partial charge on any atom is 0.329 e. The molecule has 0 saturated carbocycles. The van der Waals surface area contributed by atoms with Crippen LogP contribution >= 0.6 is 0 Å². The normalized spacial score (nSPS) is 10.7. The molecule has 0 aliphatic rings. The Balaban J connectivity index is 3.10. The van der Waals surface area contributed by atoms with E-state index in [0.717, 1.165) is 4.57 Å². The van der Waals surface area contributed by atoms with Crippen LogP contribution in [0.15, 0.2) is 9.59 Å². The van der Waals surface area contributed by atoms with Crippen LogP contribution in [0.2, 0.25) is 0 Å². The Morgan fingerprint density at radius 1 is 1.33 bits per heavy atom. The molecule has 0 radical (unpaired) electrons. The first-order valence-electron chi connectivity index (χ1n) is 6.62. The standard InChI is InChI=1S/C13H19N3O5/c1-4-5-16-10(14)9(11(18)15-13(16)20)8(17)6-21-12(19)7(2)3/h7H,4-6,14H2,1-3H3,(H,15,18,20). The molecule has 1 heterocycles. The summed E-state index contributed by atoms with van der Waals surface area (Å²) in [5, 5.41) is 0. The Bertz CT molecular complexity index is 657. The molecule has 0 aromatic carbocycles. The topological polar surface area (TPSA) is 124 Å². The predicted octanol–water partition coefficient (Wildman–Crippen LogP) is -0.0893. The zero-order valence-electron chi connectivity index (χ0n) is 12.3. The van der Waals surface area contributed by atoms with Gasteiger partial charge in [0, 0.05) is 6.54 Å². The number of nitrogens with one attached hydrogen (secondary N) is 1. The number of nitrogen functional groups attached to an aromatic ring is 1. The van der Waals surface area contributed by atoms with E-state index in [0.29, 0.717) is 6.42 Å². The number of anilines is 1. The number of ether oxygens (including phenoxy) is 1. The summed E-state index contributed by atoms with van der Waals surface area (Å²) in [7, 11) is 0. The van der Waals surface area contributed by atoms with Gasteiger partial charge in [0.1, 0.15) is 11.4 Å². The highest BCUT2D eigenvalue weighted by Crippen LogP contribution is 2.07. The van der Waals surface area contributed by atoms with Crippen LogP contribution in [0.4, 0.5) is 5.82 Å². The fraction of sp³-hybridized carbons (Fsp3) is 0.538. The van der Waals surface area contributed by atoms with Crippen LogP contribution in [-0.4, -0.2) is 27.9 Å². The minimum atomic E-state index is -0.879. The van der Waals surface area contributed by atoms with Crippen molar-refractivity contribution in [3.8, 4) is 0 Å². The van der Waals surface area contributed by atoms with Crippen molar-refractivity contribution in [1.29, 1.82) is 0 Å². The lowest BCUT2D eigenvalue weighted by Gasteiger charge is -2.11. The molecule has 0 atom stereocenters. The third-order valence-corrected chi connectivity index (χ3v) is 2.78. The fourth-order valence-electron chi connectivity index (χ4n) is 1.68. The molecule has 0 saturated heterocycles. The molecule has 1 rings (SSSR count). The molecule has 1 aromatic heterocycles. The van der Waals surface area contributed by atoms with Crippen LogP contribution < -0.4 is 17.0 Å². The van der Waals surface area contributed by atoms with Crippen LogP contribution in [0.25, 0.3) is 0 Å². The highest BCUT2D eigenvalue weighted by Gasteiger charge is 2.21. The second-order valence-electron chi connectivity index (χ2n) is 4.86. The first kappa shape index (κ1) is 16.7. The van der Waals surface area contributed by atoms with Crippen LogP contribution in [-0.2, 0) is 16.1 Å². The van der Waals surface area contributed by atoms with E-state index in [4.69, 9.17) is 10.5 Å². The Kier molecular flexibility index (Phi) is 5.45. The van der Waals surface area contributed by atoms with Crippen molar-refractivity contribution in [3.63, 3.8) is 0 Å². The van der Waals surface area contributed by atoms with Crippen LogP contribution in [0.5, 0.6) is 0 Å². The molecule has 0 spiro atoms. The third kappa shape index (κ3) is 3.80. The van der Waals surface area contributed by atoms with Crippen LogP contribution in [0, 0.1) is 5.92 Å².